The minimum Gasteiger partial charge on any atom is -0.493 e. The van der Waals surface area contributed by atoms with Crippen LogP contribution in [0.3, 0.4) is 0 Å². The first-order valence-electron chi connectivity index (χ1n) is 13.8. The summed E-state index contributed by atoms with van der Waals surface area (Å²) in [6.07, 6.45) is -1.38. The number of carbonyl (C=O) groups excluding carboxylic acids is 1. The number of unbranched alkanes of at least 4 members (excludes halogenated alkanes) is 1. The summed E-state index contributed by atoms with van der Waals surface area (Å²) in [6.45, 7) is 11.5. The van der Waals surface area contributed by atoms with Crippen molar-refractivity contribution in [3.05, 3.63) is 64.2 Å². The van der Waals surface area contributed by atoms with Gasteiger partial charge in [0.25, 0.3) is 5.91 Å². The monoisotopic (exact) mass is 548 g/mol. The molecule has 3 rings (SSSR count). The number of amides is 1. The molecule has 1 fully saturated rings. The molecular weight excluding hydrogens is 505 g/mol. The molecule has 216 valence electrons. The summed E-state index contributed by atoms with van der Waals surface area (Å²) in [6, 6.07) is 8.70. The van der Waals surface area contributed by atoms with Gasteiger partial charge in [0, 0.05) is 51.4 Å². The van der Waals surface area contributed by atoms with Gasteiger partial charge in [0.2, 0.25) is 0 Å². The molecule has 1 N–H and O–H groups in total. The minimum atomic E-state index is -4.40. The van der Waals surface area contributed by atoms with E-state index in [0.717, 1.165) is 76.4 Å². The number of nitrogens with zero attached hydrogens (tertiary/aromatic N) is 3. The van der Waals surface area contributed by atoms with E-state index < -0.39 is 11.7 Å². The standard InChI is InChI=1S/C30H43F3N4O2/c1-23-24(2)28(39-22-6-5-14-34-15-17-35(3)4)12-9-25(23)13-16-36-18-20-37(21-19-36)29(38)26-7-10-27(11-8-26)30(31,32)33/h7-12,34H,5-6,13-22H2,1-4H3. The lowest BCUT2D eigenvalue weighted by Gasteiger charge is -2.35. The summed E-state index contributed by atoms with van der Waals surface area (Å²) in [7, 11) is 4.15. The summed E-state index contributed by atoms with van der Waals surface area (Å²) >= 11 is 0. The van der Waals surface area contributed by atoms with Crippen LogP contribution in [0.15, 0.2) is 36.4 Å². The Morgan fingerprint density at radius 1 is 0.949 bits per heavy atom. The van der Waals surface area contributed by atoms with Crippen molar-refractivity contribution in [2.75, 3.05) is 73.1 Å². The van der Waals surface area contributed by atoms with E-state index in [4.69, 9.17) is 4.74 Å². The zero-order valence-electron chi connectivity index (χ0n) is 23.7. The number of hydrogen-bond acceptors (Lipinski definition) is 5. The number of likely N-dealkylation sites (N-methyl/N-ethyl adjacent to an activating group) is 1. The summed E-state index contributed by atoms with van der Waals surface area (Å²) in [5, 5.41) is 3.45. The second kappa shape index (κ2) is 14.7. The average Bonchev–Trinajstić information content (AvgIpc) is 2.91. The van der Waals surface area contributed by atoms with Gasteiger partial charge in [-0.15, -0.1) is 0 Å². The first-order valence-corrected chi connectivity index (χ1v) is 13.8. The van der Waals surface area contributed by atoms with Crippen LogP contribution in [0.2, 0.25) is 0 Å². The van der Waals surface area contributed by atoms with Crippen molar-refractivity contribution in [1.29, 1.82) is 0 Å². The first-order chi connectivity index (χ1) is 18.6. The first kappa shape index (κ1) is 30.9. The fraction of sp³-hybridized carbons (Fsp3) is 0.567. The van der Waals surface area contributed by atoms with Gasteiger partial charge >= 0.3 is 6.18 Å². The Morgan fingerprint density at radius 2 is 1.64 bits per heavy atom. The van der Waals surface area contributed by atoms with Crippen LogP contribution in [-0.2, 0) is 12.6 Å². The molecule has 2 aromatic carbocycles. The molecular formula is C30H43F3N4O2. The van der Waals surface area contributed by atoms with Crippen molar-refractivity contribution in [3.8, 4) is 5.75 Å². The average molecular weight is 549 g/mol. The molecule has 0 radical (unpaired) electrons. The Labute approximate surface area is 231 Å². The molecule has 39 heavy (non-hydrogen) atoms. The number of ether oxygens (including phenoxy) is 1. The second-order valence-electron chi connectivity index (χ2n) is 10.5. The fourth-order valence-electron chi connectivity index (χ4n) is 4.68. The molecule has 1 saturated heterocycles. The summed E-state index contributed by atoms with van der Waals surface area (Å²) in [5.41, 5.74) is 3.29. The maximum Gasteiger partial charge on any atom is 0.416 e. The third-order valence-corrected chi connectivity index (χ3v) is 7.41. The summed E-state index contributed by atoms with van der Waals surface area (Å²) < 4.78 is 44.4. The van der Waals surface area contributed by atoms with Gasteiger partial charge in [-0.1, -0.05) is 6.07 Å². The molecule has 0 aromatic heterocycles. The molecule has 1 amide bonds. The molecule has 1 aliphatic rings. The van der Waals surface area contributed by atoms with Crippen LogP contribution < -0.4 is 10.1 Å². The Balaban J connectivity index is 1.39. The topological polar surface area (TPSA) is 48.1 Å². The maximum atomic E-state index is 12.8. The predicted molar refractivity (Wildman–Crippen MR) is 150 cm³/mol. The second-order valence-corrected chi connectivity index (χ2v) is 10.5. The molecule has 0 aliphatic carbocycles. The van der Waals surface area contributed by atoms with E-state index in [1.165, 1.54) is 28.8 Å². The lowest BCUT2D eigenvalue weighted by molar-refractivity contribution is -0.137. The molecule has 1 aliphatic heterocycles. The van der Waals surface area contributed by atoms with Crippen molar-refractivity contribution >= 4 is 5.91 Å². The van der Waals surface area contributed by atoms with Gasteiger partial charge in [-0.2, -0.15) is 13.2 Å². The lowest BCUT2D eigenvalue weighted by atomic mass is 9.99. The number of alkyl halides is 3. The van der Waals surface area contributed by atoms with Gasteiger partial charge in [-0.05, 0) is 101 Å². The third-order valence-electron chi connectivity index (χ3n) is 7.41. The van der Waals surface area contributed by atoms with Crippen LogP contribution in [0.4, 0.5) is 13.2 Å². The normalized spacial score (nSPS) is 14.7. The maximum absolute atomic E-state index is 12.8. The summed E-state index contributed by atoms with van der Waals surface area (Å²) in [4.78, 5) is 19.0. The van der Waals surface area contributed by atoms with Gasteiger partial charge in [0.15, 0.2) is 0 Å². The highest BCUT2D eigenvalue weighted by Crippen LogP contribution is 2.29. The summed E-state index contributed by atoms with van der Waals surface area (Å²) in [5.74, 6) is 0.734. The molecule has 0 spiro atoms. The van der Waals surface area contributed by atoms with Crippen molar-refractivity contribution in [3.63, 3.8) is 0 Å². The van der Waals surface area contributed by atoms with E-state index in [0.29, 0.717) is 25.3 Å². The molecule has 9 heteroatoms. The van der Waals surface area contributed by atoms with Crippen molar-refractivity contribution < 1.29 is 22.7 Å². The van der Waals surface area contributed by atoms with Crippen molar-refractivity contribution in [1.82, 2.24) is 20.0 Å². The van der Waals surface area contributed by atoms with Crippen LogP contribution in [0, 0.1) is 13.8 Å². The quantitative estimate of drug-likeness (QED) is 0.370. The predicted octanol–water partition coefficient (Wildman–Crippen LogP) is 4.63. The lowest BCUT2D eigenvalue weighted by Crippen LogP contribution is -2.49. The molecule has 2 aromatic rings. The van der Waals surface area contributed by atoms with E-state index in [2.05, 4.69) is 55.2 Å². The van der Waals surface area contributed by atoms with Crippen LogP contribution in [0.1, 0.15) is 45.5 Å². The number of carbonyl (C=O) groups is 1. The highest BCUT2D eigenvalue weighted by atomic mass is 19.4. The van der Waals surface area contributed by atoms with Gasteiger partial charge < -0.3 is 19.9 Å². The van der Waals surface area contributed by atoms with Gasteiger partial charge in [-0.3, -0.25) is 9.69 Å². The Bertz CT molecular complexity index is 1050. The van der Waals surface area contributed by atoms with Crippen molar-refractivity contribution in [2.45, 2.75) is 39.3 Å². The number of hydrogen-bond donors (Lipinski definition) is 1. The van der Waals surface area contributed by atoms with Gasteiger partial charge in [0.1, 0.15) is 5.75 Å². The zero-order valence-corrected chi connectivity index (χ0v) is 23.7. The van der Waals surface area contributed by atoms with Gasteiger partial charge in [0.05, 0.1) is 12.2 Å². The van der Waals surface area contributed by atoms with E-state index in [1.54, 1.807) is 4.90 Å². The third kappa shape index (κ3) is 9.51. The number of piperazine rings is 1. The molecule has 0 unspecified atom stereocenters. The van der Waals surface area contributed by atoms with Crippen molar-refractivity contribution in [2.24, 2.45) is 0 Å². The SMILES string of the molecule is Cc1c(CCN2CCN(C(=O)c3ccc(C(F)(F)F)cc3)CC2)ccc(OCCCCNCCN(C)C)c1C. The van der Waals surface area contributed by atoms with E-state index in [9.17, 15) is 18.0 Å². The largest absolute Gasteiger partial charge is 0.493 e. The van der Waals surface area contributed by atoms with E-state index >= 15 is 0 Å². The molecule has 0 bridgehead atoms. The highest BCUT2D eigenvalue weighted by Gasteiger charge is 2.30. The fourth-order valence-corrected chi connectivity index (χ4v) is 4.68. The Morgan fingerprint density at radius 3 is 2.28 bits per heavy atom. The highest BCUT2D eigenvalue weighted by molar-refractivity contribution is 5.94. The van der Waals surface area contributed by atoms with Crippen LogP contribution >= 0.6 is 0 Å². The molecule has 0 saturated carbocycles. The number of nitrogens with one attached hydrogen (secondary N) is 1. The Kier molecular flexibility index (Phi) is 11.6. The number of halogens is 3. The van der Waals surface area contributed by atoms with E-state index in [-0.39, 0.29) is 5.91 Å². The Hall–Kier alpha value is -2.62. The number of rotatable bonds is 13. The van der Waals surface area contributed by atoms with Crippen LogP contribution in [0.5, 0.6) is 5.75 Å². The minimum absolute atomic E-state index is 0.217. The van der Waals surface area contributed by atoms with E-state index in [1.807, 2.05) is 0 Å². The van der Waals surface area contributed by atoms with Crippen LogP contribution in [0.25, 0.3) is 0 Å². The zero-order chi connectivity index (χ0) is 28.4. The number of benzene rings is 2. The molecule has 6 nitrogen and oxygen atoms in total. The molecule has 0 atom stereocenters. The van der Waals surface area contributed by atoms with Gasteiger partial charge in [-0.25, -0.2) is 0 Å². The smallest absolute Gasteiger partial charge is 0.416 e. The molecule has 1 heterocycles. The van der Waals surface area contributed by atoms with Crippen LogP contribution in [-0.4, -0.2) is 93.7 Å².